The number of nitrogens with one attached hydrogen (secondary N) is 1. The van der Waals surface area contributed by atoms with E-state index in [4.69, 9.17) is 14.6 Å². The Morgan fingerprint density at radius 1 is 1.33 bits per heavy atom. The van der Waals surface area contributed by atoms with Crippen molar-refractivity contribution < 1.29 is 19.4 Å². The van der Waals surface area contributed by atoms with E-state index in [1.165, 1.54) is 11.8 Å². The molecule has 1 aromatic carbocycles. The third-order valence-corrected chi connectivity index (χ3v) is 3.07. The van der Waals surface area contributed by atoms with Crippen LogP contribution in [-0.4, -0.2) is 43.3 Å². The van der Waals surface area contributed by atoms with Crippen molar-refractivity contribution in [2.24, 2.45) is 0 Å². The Kier molecular flexibility index (Phi) is 6.38. The lowest BCUT2D eigenvalue weighted by atomic mass is 10.2. The predicted octanol–water partition coefficient (Wildman–Crippen LogP) is 1.37. The minimum absolute atomic E-state index is 0.0777. The van der Waals surface area contributed by atoms with E-state index in [9.17, 15) is 4.79 Å². The molecule has 1 aromatic rings. The summed E-state index contributed by atoms with van der Waals surface area (Å²) in [6, 6.07) is 5.18. The van der Waals surface area contributed by atoms with Crippen LogP contribution in [0.3, 0.4) is 0 Å². The van der Waals surface area contributed by atoms with Crippen LogP contribution >= 0.6 is 11.8 Å². The molecule has 0 bridgehead atoms. The zero-order valence-corrected chi connectivity index (χ0v) is 11.3. The summed E-state index contributed by atoms with van der Waals surface area (Å²) in [4.78, 5) is 11.6. The molecular weight excluding hydrogens is 254 g/mol. The fraction of sp³-hybridized carbons (Fsp3) is 0.417. The van der Waals surface area contributed by atoms with Crippen LogP contribution in [0, 0.1) is 0 Å². The number of thioether (sulfide) groups is 1. The minimum atomic E-state index is -0.110. The molecule has 0 heterocycles. The molecule has 100 valence electrons. The van der Waals surface area contributed by atoms with Gasteiger partial charge in [-0.05, 0) is 12.1 Å². The van der Waals surface area contributed by atoms with Crippen LogP contribution in [0.2, 0.25) is 0 Å². The number of ether oxygens (including phenoxy) is 2. The highest BCUT2D eigenvalue weighted by atomic mass is 32.2. The molecule has 0 aliphatic rings. The number of amides is 1. The largest absolute Gasteiger partial charge is 0.493 e. The zero-order valence-electron chi connectivity index (χ0n) is 10.4. The van der Waals surface area contributed by atoms with Crippen molar-refractivity contribution in [3.05, 3.63) is 18.2 Å². The number of carbonyl (C=O) groups is 1. The van der Waals surface area contributed by atoms with Gasteiger partial charge in [0.25, 0.3) is 0 Å². The molecule has 0 saturated heterocycles. The first-order chi connectivity index (χ1) is 8.71. The van der Waals surface area contributed by atoms with Gasteiger partial charge < -0.3 is 19.9 Å². The molecule has 0 unspecified atom stereocenters. The van der Waals surface area contributed by atoms with Crippen LogP contribution in [0.15, 0.2) is 18.2 Å². The van der Waals surface area contributed by atoms with Crippen LogP contribution in [-0.2, 0) is 4.79 Å². The molecule has 0 fully saturated rings. The van der Waals surface area contributed by atoms with Gasteiger partial charge in [-0.25, -0.2) is 0 Å². The fourth-order valence-corrected chi connectivity index (χ4v) is 1.87. The Morgan fingerprint density at radius 2 is 2.06 bits per heavy atom. The first kappa shape index (κ1) is 14.7. The first-order valence-electron chi connectivity index (χ1n) is 5.41. The predicted molar refractivity (Wildman–Crippen MR) is 72.6 cm³/mol. The summed E-state index contributed by atoms with van der Waals surface area (Å²) in [5.41, 5.74) is 0.655. The second-order valence-electron chi connectivity index (χ2n) is 3.39. The normalized spacial score (nSPS) is 9.94. The molecular formula is C12H17NO4S. The molecule has 0 aromatic heterocycles. The summed E-state index contributed by atoms with van der Waals surface area (Å²) >= 11 is 1.38. The standard InChI is InChI=1S/C12H17NO4S/c1-16-10-4-3-9(7-11(10)17-2)13-12(15)8-18-6-5-14/h3-4,7,14H,5-6,8H2,1-2H3,(H,13,15). The molecule has 2 N–H and O–H groups in total. The van der Waals surface area contributed by atoms with Crippen molar-refractivity contribution in [1.82, 2.24) is 0 Å². The topological polar surface area (TPSA) is 67.8 Å². The zero-order chi connectivity index (χ0) is 13.4. The van der Waals surface area contributed by atoms with E-state index in [1.54, 1.807) is 32.4 Å². The number of hydrogen-bond acceptors (Lipinski definition) is 5. The first-order valence-corrected chi connectivity index (χ1v) is 6.57. The maximum absolute atomic E-state index is 11.6. The lowest BCUT2D eigenvalue weighted by Gasteiger charge is -2.10. The summed E-state index contributed by atoms with van der Waals surface area (Å²) < 4.78 is 10.2. The average Bonchev–Trinajstić information content (AvgIpc) is 2.39. The van der Waals surface area contributed by atoms with Crippen LogP contribution in [0.25, 0.3) is 0 Å². The Balaban J connectivity index is 2.59. The van der Waals surface area contributed by atoms with Crippen molar-refractivity contribution in [2.45, 2.75) is 0 Å². The van der Waals surface area contributed by atoms with Crippen LogP contribution in [0.4, 0.5) is 5.69 Å². The average molecular weight is 271 g/mol. The van der Waals surface area contributed by atoms with Gasteiger partial charge >= 0.3 is 0 Å². The molecule has 0 atom stereocenters. The quantitative estimate of drug-likeness (QED) is 0.733. The molecule has 1 amide bonds. The van der Waals surface area contributed by atoms with Crippen molar-refractivity contribution in [1.29, 1.82) is 0 Å². The van der Waals surface area contributed by atoms with Gasteiger partial charge in [-0.15, -0.1) is 11.8 Å². The Bertz CT molecular complexity index is 398. The van der Waals surface area contributed by atoms with Crippen LogP contribution in [0.1, 0.15) is 0 Å². The monoisotopic (exact) mass is 271 g/mol. The molecule has 1 rings (SSSR count). The third kappa shape index (κ3) is 4.46. The van der Waals surface area contributed by atoms with Crippen LogP contribution in [0.5, 0.6) is 11.5 Å². The fourth-order valence-electron chi connectivity index (χ4n) is 1.34. The number of anilines is 1. The van der Waals surface area contributed by atoms with Gasteiger partial charge in [0.15, 0.2) is 11.5 Å². The lowest BCUT2D eigenvalue weighted by Crippen LogP contribution is -2.14. The number of hydrogen-bond donors (Lipinski definition) is 2. The summed E-state index contributed by atoms with van der Waals surface area (Å²) in [7, 11) is 3.10. The number of aliphatic hydroxyl groups excluding tert-OH is 1. The highest BCUT2D eigenvalue weighted by molar-refractivity contribution is 7.99. The van der Waals surface area contributed by atoms with Crippen molar-refractivity contribution >= 4 is 23.4 Å². The van der Waals surface area contributed by atoms with Crippen LogP contribution < -0.4 is 14.8 Å². The van der Waals surface area contributed by atoms with E-state index in [2.05, 4.69) is 5.32 Å². The highest BCUT2D eigenvalue weighted by Crippen LogP contribution is 2.29. The maximum atomic E-state index is 11.6. The van der Waals surface area contributed by atoms with Gasteiger partial charge in [-0.1, -0.05) is 0 Å². The van der Waals surface area contributed by atoms with E-state index >= 15 is 0 Å². The number of rotatable bonds is 7. The number of benzene rings is 1. The van der Waals surface area contributed by atoms with Gasteiger partial charge in [0.2, 0.25) is 5.91 Å². The summed E-state index contributed by atoms with van der Waals surface area (Å²) in [5, 5.41) is 11.4. The van der Waals surface area contributed by atoms with Crippen molar-refractivity contribution in [3.63, 3.8) is 0 Å². The molecule has 0 saturated carbocycles. The number of methoxy groups -OCH3 is 2. The molecule has 5 nitrogen and oxygen atoms in total. The molecule has 0 aliphatic carbocycles. The van der Waals surface area contributed by atoms with E-state index in [-0.39, 0.29) is 12.5 Å². The molecule has 0 aliphatic heterocycles. The smallest absolute Gasteiger partial charge is 0.234 e. The Morgan fingerprint density at radius 3 is 2.67 bits per heavy atom. The second kappa shape index (κ2) is 7.84. The number of carbonyl (C=O) groups excluding carboxylic acids is 1. The van der Waals surface area contributed by atoms with Gasteiger partial charge in [0, 0.05) is 17.5 Å². The molecule has 6 heteroatoms. The molecule has 0 radical (unpaired) electrons. The summed E-state index contributed by atoms with van der Waals surface area (Å²) in [5.74, 6) is 1.94. The lowest BCUT2D eigenvalue weighted by molar-refractivity contribution is -0.113. The SMILES string of the molecule is COc1ccc(NC(=O)CSCCO)cc1OC. The molecule has 0 spiro atoms. The van der Waals surface area contributed by atoms with E-state index in [0.717, 1.165) is 0 Å². The van der Waals surface area contributed by atoms with Crippen molar-refractivity contribution in [3.8, 4) is 11.5 Å². The molecule has 18 heavy (non-hydrogen) atoms. The van der Waals surface area contributed by atoms with Gasteiger partial charge in [-0.2, -0.15) is 0 Å². The van der Waals surface area contributed by atoms with E-state index in [1.807, 2.05) is 0 Å². The van der Waals surface area contributed by atoms with Crippen molar-refractivity contribution in [2.75, 3.05) is 37.6 Å². The summed E-state index contributed by atoms with van der Waals surface area (Å²) in [6.45, 7) is 0.0777. The Hall–Kier alpha value is -1.40. The van der Waals surface area contributed by atoms with Gasteiger partial charge in [0.1, 0.15) is 0 Å². The maximum Gasteiger partial charge on any atom is 0.234 e. The summed E-state index contributed by atoms with van der Waals surface area (Å²) in [6.07, 6.45) is 0. The van der Waals surface area contributed by atoms with Gasteiger partial charge in [-0.3, -0.25) is 4.79 Å². The third-order valence-electron chi connectivity index (χ3n) is 2.14. The van der Waals surface area contributed by atoms with Gasteiger partial charge in [0.05, 0.1) is 26.6 Å². The number of aliphatic hydroxyl groups is 1. The van der Waals surface area contributed by atoms with E-state index < -0.39 is 0 Å². The highest BCUT2D eigenvalue weighted by Gasteiger charge is 2.07. The second-order valence-corrected chi connectivity index (χ2v) is 4.50. The van der Waals surface area contributed by atoms with E-state index in [0.29, 0.717) is 28.7 Å². The Labute approximate surface area is 110 Å². The minimum Gasteiger partial charge on any atom is -0.493 e.